The Bertz CT molecular complexity index is 501. The maximum Gasteiger partial charge on any atom is 0.264 e. The highest BCUT2D eigenvalue weighted by Gasteiger charge is 2.15. The van der Waals surface area contributed by atoms with Crippen molar-refractivity contribution in [2.45, 2.75) is 11.8 Å². The van der Waals surface area contributed by atoms with Gasteiger partial charge in [-0.1, -0.05) is 11.6 Å². The fourth-order valence-corrected chi connectivity index (χ4v) is 2.26. The first-order chi connectivity index (χ1) is 6.80. The van der Waals surface area contributed by atoms with Crippen LogP contribution in [0.3, 0.4) is 0 Å². The number of nitrogens with zero attached hydrogens (tertiary/aromatic N) is 1. The summed E-state index contributed by atoms with van der Waals surface area (Å²) in [4.78, 5) is 14.0. The zero-order valence-corrected chi connectivity index (χ0v) is 9.82. The molecule has 0 bridgehead atoms. The van der Waals surface area contributed by atoms with Crippen molar-refractivity contribution >= 4 is 43.1 Å². The Balaban J connectivity index is 3.15. The smallest absolute Gasteiger partial charge is 0.264 e. The predicted octanol–water partition coefficient (Wildman–Crippen LogP) is 1.62. The van der Waals surface area contributed by atoms with E-state index in [2.05, 4.69) is 10.3 Å². The summed E-state index contributed by atoms with van der Waals surface area (Å²) in [5, 5.41) is 2.26. The lowest BCUT2D eigenvalue weighted by molar-refractivity contribution is -0.114. The van der Waals surface area contributed by atoms with Crippen LogP contribution in [0, 0.1) is 0 Å². The minimum Gasteiger partial charge on any atom is -0.311 e. The zero-order valence-electron chi connectivity index (χ0n) is 7.49. The van der Waals surface area contributed by atoms with E-state index in [0.29, 0.717) is 0 Å². The minimum absolute atomic E-state index is 0.0937. The van der Waals surface area contributed by atoms with Gasteiger partial charge in [0.2, 0.25) is 5.91 Å². The van der Waals surface area contributed by atoms with E-state index in [1.807, 2.05) is 0 Å². The third-order valence-corrected chi connectivity index (χ3v) is 3.16. The van der Waals surface area contributed by atoms with Crippen LogP contribution in [0.25, 0.3) is 0 Å². The second-order valence-electron chi connectivity index (χ2n) is 2.62. The van der Waals surface area contributed by atoms with E-state index in [1.54, 1.807) is 0 Å². The van der Waals surface area contributed by atoms with Gasteiger partial charge in [-0.2, -0.15) is 0 Å². The van der Waals surface area contributed by atoms with Crippen LogP contribution in [0.1, 0.15) is 6.92 Å². The number of carbonyl (C=O) groups excluding carboxylic acids is 1. The molecule has 1 amide bonds. The molecule has 0 aliphatic rings. The summed E-state index contributed by atoms with van der Waals surface area (Å²) in [7, 11) is 1.17. The average molecular weight is 269 g/mol. The molecule has 0 saturated heterocycles. The zero-order chi connectivity index (χ0) is 11.6. The topological polar surface area (TPSA) is 76.1 Å². The standard InChI is InChI=1S/C7H6Cl2N2O3S/c1-4(12)11-7-2-5(8)6(3-10-7)15(9,13)14/h2-3H,1H3,(H,10,11,12). The van der Waals surface area contributed by atoms with E-state index in [4.69, 9.17) is 22.3 Å². The maximum atomic E-state index is 10.9. The van der Waals surface area contributed by atoms with Crippen LogP contribution in [0.5, 0.6) is 0 Å². The Morgan fingerprint density at radius 2 is 2.13 bits per heavy atom. The first-order valence-electron chi connectivity index (χ1n) is 3.68. The molecule has 1 N–H and O–H groups in total. The van der Waals surface area contributed by atoms with Gasteiger partial charge in [0.25, 0.3) is 9.05 Å². The first-order valence-corrected chi connectivity index (χ1v) is 6.37. The van der Waals surface area contributed by atoms with Gasteiger partial charge in [0.05, 0.1) is 11.2 Å². The van der Waals surface area contributed by atoms with Crippen molar-refractivity contribution in [2.24, 2.45) is 0 Å². The summed E-state index contributed by atoms with van der Waals surface area (Å²) < 4.78 is 21.9. The quantitative estimate of drug-likeness (QED) is 0.828. The van der Waals surface area contributed by atoms with Gasteiger partial charge in [0.15, 0.2) is 0 Å². The molecule has 0 aromatic carbocycles. The summed E-state index contributed by atoms with van der Waals surface area (Å²) in [5.74, 6) is -0.170. The second kappa shape index (κ2) is 4.34. The molecule has 5 nitrogen and oxygen atoms in total. The van der Waals surface area contributed by atoms with Gasteiger partial charge in [0, 0.05) is 23.7 Å². The number of halogens is 2. The number of pyridine rings is 1. The number of rotatable bonds is 2. The number of amides is 1. The van der Waals surface area contributed by atoms with E-state index in [9.17, 15) is 13.2 Å². The van der Waals surface area contributed by atoms with Gasteiger partial charge < -0.3 is 5.32 Å². The van der Waals surface area contributed by atoms with Gasteiger partial charge in [-0.3, -0.25) is 4.79 Å². The molecule has 0 atom stereocenters. The fraction of sp³-hybridized carbons (Fsp3) is 0.143. The van der Waals surface area contributed by atoms with Crippen LogP contribution < -0.4 is 5.32 Å². The average Bonchev–Trinajstić information content (AvgIpc) is 1.99. The van der Waals surface area contributed by atoms with Gasteiger partial charge in [-0.25, -0.2) is 13.4 Å². The molecule has 0 radical (unpaired) electrons. The lowest BCUT2D eigenvalue weighted by Gasteiger charge is -2.03. The lowest BCUT2D eigenvalue weighted by atomic mass is 10.4. The molecule has 0 unspecified atom stereocenters. The molecule has 0 aliphatic carbocycles. The van der Waals surface area contributed by atoms with Crippen molar-refractivity contribution < 1.29 is 13.2 Å². The van der Waals surface area contributed by atoms with Crippen molar-refractivity contribution in [1.29, 1.82) is 0 Å². The van der Waals surface area contributed by atoms with Crippen LogP contribution >= 0.6 is 22.3 Å². The van der Waals surface area contributed by atoms with Crippen molar-refractivity contribution in [3.05, 3.63) is 17.3 Å². The third kappa shape index (κ3) is 3.33. The molecule has 0 aliphatic heterocycles. The third-order valence-electron chi connectivity index (χ3n) is 1.39. The molecule has 15 heavy (non-hydrogen) atoms. The highest BCUT2D eigenvalue weighted by molar-refractivity contribution is 8.13. The molecule has 0 saturated carbocycles. The summed E-state index contributed by atoms with van der Waals surface area (Å²) in [6.45, 7) is 1.29. The number of anilines is 1. The van der Waals surface area contributed by atoms with Gasteiger partial charge in [-0.05, 0) is 0 Å². The van der Waals surface area contributed by atoms with E-state index >= 15 is 0 Å². The van der Waals surface area contributed by atoms with Gasteiger partial charge in [-0.15, -0.1) is 0 Å². The van der Waals surface area contributed by atoms with E-state index in [0.717, 1.165) is 6.20 Å². The van der Waals surface area contributed by atoms with Crippen LogP contribution in [0.4, 0.5) is 5.82 Å². The Hall–Kier alpha value is -0.850. The predicted molar refractivity (Wildman–Crippen MR) is 56.6 cm³/mol. The molecule has 1 aromatic heterocycles. The molecular formula is C7H6Cl2N2O3S. The molecule has 8 heteroatoms. The maximum absolute atomic E-state index is 10.9. The van der Waals surface area contributed by atoms with Crippen molar-refractivity contribution in [3.8, 4) is 0 Å². The Morgan fingerprint density at radius 3 is 2.53 bits per heavy atom. The molecule has 82 valence electrons. The number of carbonyl (C=O) groups is 1. The highest BCUT2D eigenvalue weighted by Crippen LogP contribution is 2.25. The summed E-state index contributed by atoms with van der Waals surface area (Å²) in [6, 6.07) is 1.21. The number of aromatic nitrogens is 1. The monoisotopic (exact) mass is 268 g/mol. The van der Waals surface area contributed by atoms with Crippen molar-refractivity contribution in [1.82, 2.24) is 4.98 Å². The Morgan fingerprint density at radius 1 is 1.53 bits per heavy atom. The van der Waals surface area contributed by atoms with Gasteiger partial charge in [0.1, 0.15) is 10.7 Å². The molecule has 0 fully saturated rings. The molecule has 1 rings (SSSR count). The van der Waals surface area contributed by atoms with Crippen LogP contribution in [0.2, 0.25) is 5.02 Å². The second-order valence-corrected chi connectivity index (χ2v) is 5.56. The minimum atomic E-state index is -3.91. The molecule has 1 heterocycles. The number of hydrogen-bond acceptors (Lipinski definition) is 4. The van der Waals surface area contributed by atoms with Gasteiger partial charge >= 0.3 is 0 Å². The lowest BCUT2D eigenvalue weighted by Crippen LogP contribution is -2.07. The SMILES string of the molecule is CC(=O)Nc1cc(Cl)c(S(=O)(=O)Cl)cn1. The Kier molecular flexibility index (Phi) is 3.54. The summed E-state index contributed by atoms with van der Waals surface area (Å²) >= 11 is 5.64. The highest BCUT2D eigenvalue weighted by atomic mass is 35.7. The molecule has 0 spiro atoms. The molecular weight excluding hydrogens is 263 g/mol. The fourth-order valence-electron chi connectivity index (χ4n) is 0.846. The van der Waals surface area contributed by atoms with Crippen LogP contribution in [-0.4, -0.2) is 19.3 Å². The normalized spacial score (nSPS) is 11.1. The van der Waals surface area contributed by atoms with E-state index < -0.39 is 9.05 Å². The van der Waals surface area contributed by atoms with E-state index in [-0.39, 0.29) is 21.6 Å². The largest absolute Gasteiger partial charge is 0.311 e. The number of hydrogen-bond donors (Lipinski definition) is 1. The van der Waals surface area contributed by atoms with Crippen LogP contribution in [0.15, 0.2) is 17.2 Å². The van der Waals surface area contributed by atoms with E-state index in [1.165, 1.54) is 13.0 Å². The van der Waals surface area contributed by atoms with Crippen molar-refractivity contribution in [3.63, 3.8) is 0 Å². The summed E-state index contributed by atoms with van der Waals surface area (Å²) in [5.41, 5.74) is 0. The summed E-state index contributed by atoms with van der Waals surface area (Å²) in [6.07, 6.45) is 0.982. The molecule has 1 aromatic rings. The number of nitrogens with one attached hydrogen (secondary N) is 1. The van der Waals surface area contributed by atoms with Crippen LogP contribution in [-0.2, 0) is 13.8 Å². The first kappa shape index (κ1) is 12.2. The Labute approximate surface area is 95.8 Å². The van der Waals surface area contributed by atoms with Crippen molar-refractivity contribution in [2.75, 3.05) is 5.32 Å².